The topological polar surface area (TPSA) is 0 Å². The Bertz CT molecular complexity index is 543. The van der Waals surface area contributed by atoms with Gasteiger partial charge in [-0.25, -0.2) is 0 Å². The molecule has 0 rings (SSSR count). The molecule has 0 fully saturated rings. The van der Waals surface area contributed by atoms with Gasteiger partial charge in [-0.3, -0.25) is 0 Å². The molecule has 0 bridgehead atoms. The van der Waals surface area contributed by atoms with Gasteiger partial charge in [0, 0.05) is 0 Å². The molecule has 55 heavy (non-hydrogen) atoms. The molecule has 0 saturated heterocycles. The molecule has 0 heterocycles. The molecule has 0 saturated carbocycles. The van der Waals surface area contributed by atoms with Gasteiger partial charge in [-0.15, -0.1) is 0 Å². The monoisotopic (exact) mass is 880 g/mol. The van der Waals surface area contributed by atoms with Crippen LogP contribution in [0.3, 0.4) is 0 Å². The average Bonchev–Trinajstić information content (AvgIpc) is 3.20. The van der Waals surface area contributed by atoms with Gasteiger partial charge < -0.3 is 0 Å². The van der Waals surface area contributed by atoms with Crippen LogP contribution in [0, 0.1) is 0 Å². The first-order chi connectivity index (χ1) is 27.3. The van der Waals surface area contributed by atoms with Crippen molar-refractivity contribution >= 4 is 19.8 Å². The van der Waals surface area contributed by atoms with Crippen LogP contribution in [-0.4, -0.2) is 19.8 Å². The first kappa shape index (κ1) is 55.8. The summed E-state index contributed by atoms with van der Waals surface area (Å²) < 4.78 is 5.20. The number of hydrogen-bond acceptors (Lipinski definition) is 0. The van der Waals surface area contributed by atoms with E-state index < -0.39 is 19.8 Å². The van der Waals surface area contributed by atoms with Crippen molar-refractivity contribution in [2.24, 2.45) is 0 Å². The van der Waals surface area contributed by atoms with E-state index in [4.69, 9.17) is 0 Å². The van der Waals surface area contributed by atoms with E-state index in [1.165, 1.54) is 270 Å². The fourth-order valence-electron chi connectivity index (χ4n) is 9.14. The van der Waals surface area contributed by atoms with Crippen molar-refractivity contribution in [3.05, 3.63) is 0 Å². The summed E-state index contributed by atoms with van der Waals surface area (Å²) >= 11 is -1.16. The van der Waals surface area contributed by atoms with Crippen LogP contribution in [0.2, 0.25) is 13.3 Å². The van der Waals surface area contributed by atoms with E-state index in [0.717, 1.165) is 0 Å². The quantitative estimate of drug-likeness (QED) is 0.0422. The van der Waals surface area contributed by atoms with E-state index in [2.05, 4.69) is 20.8 Å². The molecule has 1 heteroatoms. The summed E-state index contributed by atoms with van der Waals surface area (Å²) in [6.07, 6.45) is 72.0. The van der Waals surface area contributed by atoms with Crippen molar-refractivity contribution < 1.29 is 0 Å². The summed E-state index contributed by atoms with van der Waals surface area (Å²) in [4.78, 5) is 0. The molecule has 0 unspecified atom stereocenters. The first-order valence-corrected chi connectivity index (χ1v) is 33.2. The van der Waals surface area contributed by atoms with E-state index in [1.807, 2.05) is 0 Å². The van der Waals surface area contributed by atoms with Crippen LogP contribution in [0.1, 0.15) is 329 Å². The van der Waals surface area contributed by atoms with Crippen LogP contribution < -0.4 is 0 Å². The molecule has 0 amide bonds. The van der Waals surface area contributed by atoms with E-state index in [1.54, 1.807) is 51.8 Å². The zero-order valence-corrected chi connectivity index (χ0v) is 42.4. The van der Waals surface area contributed by atoms with Crippen molar-refractivity contribution in [1.29, 1.82) is 0 Å². The standard InChI is InChI=1S/3C18H37.Sn/c3*1-3-5-7-9-11-13-15-17-18-16-14-12-10-8-6-4-2;/h3*1,3-18H2,2H3;. The maximum atomic E-state index is 2.32. The van der Waals surface area contributed by atoms with Gasteiger partial charge in [0.05, 0.1) is 0 Å². The number of rotatable bonds is 51. The molecular formula is C54H111Sn. The van der Waals surface area contributed by atoms with Crippen LogP contribution in [0.25, 0.3) is 0 Å². The van der Waals surface area contributed by atoms with Crippen LogP contribution in [-0.2, 0) is 0 Å². The van der Waals surface area contributed by atoms with E-state index in [9.17, 15) is 0 Å². The van der Waals surface area contributed by atoms with Crippen LogP contribution >= 0.6 is 0 Å². The molecule has 0 spiro atoms. The third-order valence-corrected chi connectivity index (χ3v) is 22.2. The molecule has 0 atom stereocenters. The minimum absolute atomic E-state index is 1.16. The maximum absolute atomic E-state index is 2.32. The molecule has 0 aliphatic rings. The summed E-state index contributed by atoms with van der Waals surface area (Å²) in [6, 6.07) is 0. The van der Waals surface area contributed by atoms with Crippen LogP contribution in [0.4, 0.5) is 0 Å². The van der Waals surface area contributed by atoms with Crippen molar-refractivity contribution in [3.8, 4) is 0 Å². The Balaban J connectivity index is 3.94. The minimum atomic E-state index is -1.16. The number of unbranched alkanes of at least 4 members (excludes halogenated alkanes) is 45. The zero-order valence-electron chi connectivity index (χ0n) is 39.6. The predicted molar refractivity (Wildman–Crippen MR) is 259 cm³/mol. The van der Waals surface area contributed by atoms with Gasteiger partial charge in [-0.2, -0.15) is 0 Å². The van der Waals surface area contributed by atoms with Gasteiger partial charge in [0.2, 0.25) is 0 Å². The summed E-state index contributed by atoms with van der Waals surface area (Å²) in [6.45, 7) is 6.97. The van der Waals surface area contributed by atoms with Gasteiger partial charge in [-0.1, -0.05) is 117 Å². The van der Waals surface area contributed by atoms with Gasteiger partial charge in [-0.05, 0) is 0 Å². The minimum Gasteiger partial charge on any atom is -0.0654 e. The normalized spacial score (nSPS) is 11.8. The van der Waals surface area contributed by atoms with E-state index in [-0.39, 0.29) is 0 Å². The summed E-state index contributed by atoms with van der Waals surface area (Å²) in [7, 11) is 0. The molecule has 1 radical (unpaired) electrons. The van der Waals surface area contributed by atoms with Crippen molar-refractivity contribution in [2.75, 3.05) is 0 Å². The smallest absolute Gasteiger partial charge is 0.0654 e. The van der Waals surface area contributed by atoms with Gasteiger partial charge in [0.25, 0.3) is 0 Å². The van der Waals surface area contributed by atoms with Gasteiger partial charge in [0.15, 0.2) is 0 Å². The molecule has 0 aromatic rings. The van der Waals surface area contributed by atoms with E-state index in [0.29, 0.717) is 0 Å². The van der Waals surface area contributed by atoms with Gasteiger partial charge in [0.1, 0.15) is 0 Å². The molecule has 0 N–H and O–H groups in total. The zero-order chi connectivity index (χ0) is 39.6. The van der Waals surface area contributed by atoms with Crippen molar-refractivity contribution in [1.82, 2.24) is 0 Å². The molecule has 331 valence electrons. The first-order valence-electron chi connectivity index (χ1n) is 27.2. The summed E-state index contributed by atoms with van der Waals surface area (Å²) in [5.41, 5.74) is 0. The molecular weight excluding hydrogens is 767 g/mol. The fraction of sp³-hybridized carbons (Fsp3) is 1.00. The third-order valence-electron chi connectivity index (χ3n) is 13.2. The van der Waals surface area contributed by atoms with E-state index >= 15 is 0 Å². The second-order valence-electron chi connectivity index (χ2n) is 18.9. The molecule has 0 aliphatic heterocycles. The second kappa shape index (κ2) is 52.8. The Morgan fingerprint density at radius 3 is 0.382 bits per heavy atom. The summed E-state index contributed by atoms with van der Waals surface area (Å²) in [5.74, 6) is 0. The van der Waals surface area contributed by atoms with Crippen LogP contribution in [0.5, 0.6) is 0 Å². The SMILES string of the molecule is CCCCCCCCCCCCCCCCC[CH2][Sn]([CH2]CCCCCCCCCCCCCCCCC)[CH2]CCCCCCCCCCCCCCCCC. The average molecular weight is 879 g/mol. The third kappa shape index (κ3) is 50.9. The van der Waals surface area contributed by atoms with Crippen molar-refractivity contribution in [2.45, 2.75) is 342 Å². The Hall–Kier alpha value is 0.799. The van der Waals surface area contributed by atoms with Crippen LogP contribution in [0.15, 0.2) is 0 Å². The number of hydrogen-bond donors (Lipinski definition) is 0. The second-order valence-corrected chi connectivity index (χ2v) is 27.5. The summed E-state index contributed by atoms with van der Waals surface area (Å²) in [5, 5.41) is 0. The Morgan fingerprint density at radius 2 is 0.255 bits per heavy atom. The molecule has 0 nitrogen and oxygen atoms in total. The molecule has 0 aromatic carbocycles. The van der Waals surface area contributed by atoms with Gasteiger partial charge >= 0.3 is 245 Å². The molecule has 0 aliphatic carbocycles. The Labute approximate surface area is 360 Å². The Kier molecular flexibility index (Phi) is 53.6. The molecule has 0 aromatic heterocycles. The fourth-order valence-corrected chi connectivity index (χ4v) is 17.7. The Morgan fingerprint density at radius 1 is 0.145 bits per heavy atom. The predicted octanol–water partition coefficient (Wildman–Crippen LogP) is 21.3. The van der Waals surface area contributed by atoms with Crippen molar-refractivity contribution in [3.63, 3.8) is 0 Å².